The number of aryl methyl sites for hydroxylation is 1. The zero-order valence-electron chi connectivity index (χ0n) is 22.8. The molecule has 2 unspecified atom stereocenters. The molecule has 11 heteroatoms. The number of nitrogens with zero attached hydrogens (tertiary/aromatic N) is 3. The Labute approximate surface area is 236 Å². The van der Waals surface area contributed by atoms with Crippen molar-refractivity contribution in [3.05, 3.63) is 83.2 Å². The molecular weight excluding hydrogens is 531 g/mol. The lowest BCUT2D eigenvalue weighted by Crippen LogP contribution is -2.34. The van der Waals surface area contributed by atoms with Gasteiger partial charge in [0.15, 0.2) is 6.10 Å². The third-order valence-corrected chi connectivity index (χ3v) is 6.84. The smallest absolute Gasteiger partial charge is 0.333 e. The Kier molecular flexibility index (Phi) is 8.98. The van der Waals surface area contributed by atoms with Crippen molar-refractivity contribution in [1.29, 1.82) is 0 Å². The number of hydrogen-bond acceptors (Lipinski definition) is 8. The van der Waals surface area contributed by atoms with Crippen LogP contribution in [0.4, 0.5) is 21.8 Å². The molecule has 0 fully saturated rings. The molecule has 10 nitrogen and oxygen atoms in total. The number of carboxylic acid groups (broad SMARTS) is 2. The standard InChI is InChI=1S/C26H25FN4O.C4H6O5/c1-16-15-19(27)11-12-22(16)28-26-29-24-21(9-6-10-23(24)32-3)25(30-26)31-14-13-18-7-4-5-8-20(18)17(31)2;5-2(4(8)9)1-3(6)7/h4-12,15,17H,13-14H2,1-3H3,(H,28,29,30);2,5H,1H2,(H,6,7)(H,8,9). The van der Waals surface area contributed by atoms with Gasteiger partial charge in [-0.05, 0) is 67.3 Å². The minimum absolute atomic E-state index is 0.171. The SMILES string of the molecule is COc1cccc2c(N3CCc4ccccc4C3C)nc(Nc3ccc(F)cc3C)nc12.O=C(O)CC(O)C(=O)O. The maximum absolute atomic E-state index is 13.6. The lowest BCUT2D eigenvalue weighted by atomic mass is 9.93. The van der Waals surface area contributed by atoms with E-state index in [0.717, 1.165) is 40.9 Å². The number of aromatic nitrogens is 2. The van der Waals surface area contributed by atoms with Gasteiger partial charge in [0.2, 0.25) is 5.95 Å². The quantitative estimate of drug-likeness (QED) is 0.246. The second kappa shape index (κ2) is 12.6. The molecule has 1 aromatic heterocycles. The van der Waals surface area contributed by atoms with Gasteiger partial charge in [-0.1, -0.05) is 30.3 Å². The van der Waals surface area contributed by atoms with Gasteiger partial charge >= 0.3 is 11.9 Å². The number of carbonyl (C=O) groups is 2. The zero-order chi connectivity index (χ0) is 29.7. The van der Waals surface area contributed by atoms with E-state index >= 15 is 0 Å². The van der Waals surface area contributed by atoms with Gasteiger partial charge in [-0.15, -0.1) is 0 Å². The van der Waals surface area contributed by atoms with Crippen molar-refractivity contribution < 1.29 is 34.0 Å². The molecule has 3 aromatic carbocycles. The predicted octanol–water partition coefficient (Wildman–Crippen LogP) is 4.86. The van der Waals surface area contributed by atoms with Crippen molar-refractivity contribution in [2.24, 2.45) is 0 Å². The number of hydrogen-bond donors (Lipinski definition) is 4. The maximum atomic E-state index is 13.6. The third-order valence-electron chi connectivity index (χ3n) is 6.84. The number of nitrogens with one attached hydrogen (secondary N) is 1. The number of aliphatic hydroxyl groups excluding tert-OH is 1. The average molecular weight is 563 g/mol. The van der Waals surface area contributed by atoms with E-state index in [4.69, 9.17) is 30.0 Å². The number of ether oxygens (including phenoxy) is 1. The molecule has 2 heterocycles. The van der Waals surface area contributed by atoms with Crippen LogP contribution in [-0.2, 0) is 16.0 Å². The number of benzene rings is 3. The van der Waals surface area contributed by atoms with Gasteiger partial charge in [0.05, 0.1) is 19.6 Å². The lowest BCUT2D eigenvalue weighted by molar-refractivity contribution is -0.152. The highest BCUT2D eigenvalue weighted by Crippen LogP contribution is 2.38. The topological polar surface area (TPSA) is 145 Å². The molecular formula is C30H31FN4O6. The van der Waals surface area contributed by atoms with Crippen LogP contribution < -0.4 is 15.0 Å². The van der Waals surface area contributed by atoms with Crippen molar-refractivity contribution in [3.63, 3.8) is 0 Å². The number of carboxylic acids is 2. The Morgan fingerprint density at radius 3 is 2.54 bits per heavy atom. The molecule has 2 atom stereocenters. The molecule has 4 aromatic rings. The first-order valence-electron chi connectivity index (χ1n) is 12.9. The maximum Gasteiger partial charge on any atom is 0.333 e. The van der Waals surface area contributed by atoms with Crippen LogP contribution in [-0.4, -0.2) is 57.0 Å². The van der Waals surface area contributed by atoms with E-state index in [-0.39, 0.29) is 11.9 Å². The summed E-state index contributed by atoms with van der Waals surface area (Å²) in [5.41, 5.74) is 5.00. The number of halogens is 1. The van der Waals surface area contributed by atoms with Gasteiger partial charge in [0.1, 0.15) is 22.9 Å². The molecule has 1 aliphatic rings. The molecule has 214 valence electrons. The monoisotopic (exact) mass is 562 g/mol. The van der Waals surface area contributed by atoms with E-state index in [1.54, 1.807) is 13.2 Å². The van der Waals surface area contributed by atoms with Crippen molar-refractivity contribution in [3.8, 4) is 5.75 Å². The van der Waals surface area contributed by atoms with Gasteiger partial charge in [0, 0.05) is 17.6 Å². The largest absolute Gasteiger partial charge is 0.494 e. The summed E-state index contributed by atoms with van der Waals surface area (Å²) in [6.07, 6.45) is -1.59. The van der Waals surface area contributed by atoms with Crippen LogP contribution in [0.3, 0.4) is 0 Å². The highest BCUT2D eigenvalue weighted by molar-refractivity contribution is 5.95. The van der Waals surface area contributed by atoms with Gasteiger partial charge in [-0.3, -0.25) is 4.79 Å². The van der Waals surface area contributed by atoms with E-state index < -0.39 is 24.5 Å². The summed E-state index contributed by atoms with van der Waals surface area (Å²) in [6, 6.07) is 19.3. The van der Waals surface area contributed by atoms with Crippen LogP contribution in [0.5, 0.6) is 5.75 Å². The van der Waals surface area contributed by atoms with Crippen LogP contribution in [0.1, 0.15) is 36.1 Å². The Hall–Kier alpha value is -4.77. The Balaban J connectivity index is 0.000000374. The summed E-state index contributed by atoms with van der Waals surface area (Å²) in [7, 11) is 1.65. The van der Waals surface area contributed by atoms with Crippen LogP contribution in [0, 0.1) is 12.7 Å². The molecule has 1 aliphatic heterocycles. The first-order valence-corrected chi connectivity index (χ1v) is 12.9. The van der Waals surface area contributed by atoms with Crippen molar-refractivity contribution in [2.75, 3.05) is 23.9 Å². The molecule has 5 rings (SSSR count). The van der Waals surface area contributed by atoms with Gasteiger partial charge in [-0.2, -0.15) is 4.98 Å². The van der Waals surface area contributed by atoms with Gasteiger partial charge < -0.3 is 30.3 Å². The molecule has 0 bridgehead atoms. The predicted molar refractivity (Wildman–Crippen MR) is 152 cm³/mol. The Morgan fingerprint density at radius 1 is 1.12 bits per heavy atom. The number of methoxy groups -OCH3 is 1. The first kappa shape index (κ1) is 29.2. The molecule has 0 amide bonds. The second-order valence-corrected chi connectivity index (χ2v) is 9.58. The van der Waals surface area contributed by atoms with E-state index in [2.05, 4.69) is 41.4 Å². The minimum atomic E-state index is -1.79. The molecule has 0 radical (unpaired) electrons. The highest BCUT2D eigenvalue weighted by atomic mass is 19.1. The molecule has 0 saturated carbocycles. The minimum Gasteiger partial charge on any atom is -0.494 e. The first-order chi connectivity index (χ1) is 19.6. The zero-order valence-corrected chi connectivity index (χ0v) is 22.8. The normalized spacial score (nSPS) is 14.9. The van der Waals surface area contributed by atoms with E-state index in [0.29, 0.717) is 11.7 Å². The fraction of sp³-hybridized carbons (Fsp3) is 0.267. The summed E-state index contributed by atoms with van der Waals surface area (Å²) >= 11 is 0. The summed E-state index contributed by atoms with van der Waals surface area (Å²) in [5, 5.41) is 28.4. The summed E-state index contributed by atoms with van der Waals surface area (Å²) < 4.78 is 19.2. The third kappa shape index (κ3) is 6.69. The summed E-state index contributed by atoms with van der Waals surface area (Å²) in [6.45, 7) is 4.93. The highest BCUT2D eigenvalue weighted by Gasteiger charge is 2.27. The number of anilines is 3. The molecule has 0 spiro atoms. The van der Waals surface area contributed by atoms with E-state index in [1.807, 2.05) is 25.1 Å². The number of fused-ring (bicyclic) bond motifs is 2. The Morgan fingerprint density at radius 2 is 1.88 bits per heavy atom. The number of rotatable bonds is 7. The van der Waals surface area contributed by atoms with Crippen molar-refractivity contribution >= 4 is 40.3 Å². The molecule has 0 aliphatic carbocycles. The van der Waals surface area contributed by atoms with Crippen LogP contribution in [0.2, 0.25) is 0 Å². The Bertz CT molecular complexity index is 1580. The van der Waals surface area contributed by atoms with Crippen molar-refractivity contribution in [1.82, 2.24) is 9.97 Å². The fourth-order valence-corrected chi connectivity index (χ4v) is 4.75. The summed E-state index contributed by atoms with van der Waals surface area (Å²) in [5.74, 6) is -1.11. The molecule has 4 N–H and O–H groups in total. The van der Waals surface area contributed by atoms with E-state index in [9.17, 15) is 14.0 Å². The van der Waals surface area contributed by atoms with E-state index in [1.165, 1.54) is 23.3 Å². The van der Waals surface area contributed by atoms with Crippen LogP contribution in [0.25, 0.3) is 10.9 Å². The number of aliphatic hydroxyl groups is 1. The number of aliphatic carboxylic acids is 2. The van der Waals surface area contributed by atoms with Crippen molar-refractivity contribution in [2.45, 2.75) is 38.8 Å². The van der Waals surface area contributed by atoms with Gasteiger partial charge in [0.25, 0.3) is 0 Å². The average Bonchev–Trinajstić information content (AvgIpc) is 2.94. The number of para-hydroxylation sites is 1. The fourth-order valence-electron chi connectivity index (χ4n) is 4.75. The van der Waals surface area contributed by atoms with Crippen LogP contribution in [0.15, 0.2) is 60.7 Å². The van der Waals surface area contributed by atoms with Crippen LogP contribution >= 0.6 is 0 Å². The second-order valence-electron chi connectivity index (χ2n) is 9.58. The summed E-state index contributed by atoms with van der Waals surface area (Å²) in [4.78, 5) is 31.4. The lowest BCUT2D eigenvalue weighted by Gasteiger charge is -2.37. The molecule has 41 heavy (non-hydrogen) atoms. The molecule has 0 saturated heterocycles. The van der Waals surface area contributed by atoms with Gasteiger partial charge in [-0.25, -0.2) is 14.2 Å².